The number of aromatic carboxylic acids is 1. The van der Waals surface area contributed by atoms with Gasteiger partial charge in [0.1, 0.15) is 23.4 Å². The lowest BCUT2D eigenvalue weighted by molar-refractivity contribution is -0.183. The monoisotopic (exact) mass is 347 g/mol. The first-order chi connectivity index (χ1) is 10.6. The van der Waals surface area contributed by atoms with Gasteiger partial charge in [0.2, 0.25) is 0 Å². The minimum Gasteiger partial charge on any atom is -0.477 e. The summed E-state index contributed by atoms with van der Waals surface area (Å²) in [5, 5.41) is 39.2. The van der Waals surface area contributed by atoms with E-state index in [1.807, 2.05) is 0 Å². The van der Waals surface area contributed by atoms with Crippen LogP contribution in [0.15, 0.2) is 11.0 Å². The van der Waals surface area contributed by atoms with Crippen LogP contribution < -0.4 is 11.3 Å². The molecule has 0 bridgehead atoms. The molecule has 0 radical (unpaired) electrons. The van der Waals surface area contributed by atoms with Crippen LogP contribution in [0.5, 0.6) is 0 Å². The topological polar surface area (TPSA) is 171 Å². The molecule has 128 valence electrons. The highest BCUT2D eigenvalue weighted by atomic mass is 32.1. The van der Waals surface area contributed by atoms with Gasteiger partial charge in [0.15, 0.2) is 10.5 Å². The Bertz CT molecular complexity index is 743. The smallest absolute Gasteiger partial charge is 0.342 e. The van der Waals surface area contributed by atoms with E-state index in [1.165, 1.54) is 6.92 Å². The Morgan fingerprint density at radius 3 is 2.65 bits per heavy atom. The molecule has 0 spiro atoms. The zero-order valence-corrected chi connectivity index (χ0v) is 12.9. The van der Waals surface area contributed by atoms with Crippen molar-refractivity contribution >= 4 is 18.2 Å². The van der Waals surface area contributed by atoms with Crippen LogP contribution in [-0.4, -0.2) is 66.9 Å². The average Bonchev–Trinajstić information content (AvgIpc) is 2.67. The van der Waals surface area contributed by atoms with Crippen LogP contribution in [0.25, 0.3) is 0 Å². The highest BCUT2D eigenvalue weighted by Crippen LogP contribution is 2.43. The molecule has 11 heteroatoms. The van der Waals surface area contributed by atoms with Crippen molar-refractivity contribution in [2.45, 2.75) is 30.5 Å². The van der Waals surface area contributed by atoms with E-state index < -0.39 is 53.8 Å². The predicted octanol–water partition coefficient (Wildman–Crippen LogP) is -2.28. The number of ether oxygens (including phenoxy) is 1. The van der Waals surface area contributed by atoms with Gasteiger partial charge in [-0.1, -0.05) is 0 Å². The lowest BCUT2D eigenvalue weighted by atomic mass is 9.87. The Hall–Kier alpha value is -1.63. The van der Waals surface area contributed by atoms with Crippen LogP contribution in [0, 0.1) is 4.77 Å². The molecule has 1 saturated heterocycles. The molecule has 7 N–H and O–H groups in total. The van der Waals surface area contributed by atoms with E-state index in [0.29, 0.717) is 0 Å². The van der Waals surface area contributed by atoms with Crippen LogP contribution >= 0.6 is 12.2 Å². The first-order valence-corrected chi connectivity index (χ1v) is 7.02. The number of carboxylic acid groups (broad SMARTS) is 1. The largest absolute Gasteiger partial charge is 0.477 e. The molecular weight excluding hydrogens is 330 g/mol. The quantitative estimate of drug-likeness (QED) is 0.328. The summed E-state index contributed by atoms with van der Waals surface area (Å²) in [5.41, 5.74) is 0.249. The van der Waals surface area contributed by atoms with Crippen LogP contribution in [0.4, 0.5) is 0 Å². The fourth-order valence-electron chi connectivity index (χ4n) is 2.71. The number of nitrogens with one attached hydrogen (secondary N) is 1. The number of aliphatic hydroxyl groups excluding tert-OH is 2. The lowest BCUT2D eigenvalue weighted by Crippen LogP contribution is -2.60. The van der Waals surface area contributed by atoms with Gasteiger partial charge in [0.25, 0.3) is 5.56 Å². The fourth-order valence-corrected chi connectivity index (χ4v) is 3.00. The van der Waals surface area contributed by atoms with E-state index in [9.17, 15) is 24.9 Å². The highest BCUT2D eigenvalue weighted by molar-refractivity contribution is 7.71. The number of hydrogen-bond donors (Lipinski definition) is 6. The Morgan fingerprint density at radius 1 is 1.61 bits per heavy atom. The van der Waals surface area contributed by atoms with Gasteiger partial charge < -0.3 is 30.9 Å². The molecule has 10 nitrogen and oxygen atoms in total. The molecule has 0 aliphatic carbocycles. The van der Waals surface area contributed by atoms with E-state index in [4.69, 9.17) is 27.8 Å². The summed E-state index contributed by atoms with van der Waals surface area (Å²) in [6.07, 6.45) is -1.80. The molecule has 0 unspecified atom stereocenters. The number of rotatable bonds is 4. The van der Waals surface area contributed by atoms with Gasteiger partial charge in [-0.25, -0.2) is 4.79 Å². The summed E-state index contributed by atoms with van der Waals surface area (Å²) in [5.74, 6) is -1.51. The summed E-state index contributed by atoms with van der Waals surface area (Å²) in [7, 11) is 0. The van der Waals surface area contributed by atoms with E-state index in [-0.39, 0.29) is 4.77 Å². The van der Waals surface area contributed by atoms with Crippen molar-refractivity contribution < 1.29 is 30.0 Å². The fraction of sp³-hybridized carbons (Fsp3) is 0.583. The molecule has 23 heavy (non-hydrogen) atoms. The molecule has 0 saturated carbocycles. The minimum atomic E-state index is -2.01. The van der Waals surface area contributed by atoms with Crippen molar-refractivity contribution in [3.63, 3.8) is 0 Å². The standard InChI is InChI=1S/C12H17N3O7S/c1-11(21)7(17)6(3-16)22-12(11,4-13)15-2-5(9(19)20)8(18)14-10(15)23/h2,6-7,16-17,21H,3-4,13H2,1H3,(H,19,20)(H,14,18,23)/t6-,7-,11-,12-/m1/s1. The zero-order chi connectivity index (χ0) is 17.6. The van der Waals surface area contributed by atoms with Crippen molar-refractivity contribution in [3.8, 4) is 0 Å². The Balaban J connectivity index is 2.76. The number of carbonyl (C=O) groups is 1. The van der Waals surface area contributed by atoms with Gasteiger partial charge in [0, 0.05) is 12.7 Å². The summed E-state index contributed by atoms with van der Waals surface area (Å²) in [6.45, 7) is 0.196. The molecule has 2 heterocycles. The second-order valence-electron chi connectivity index (χ2n) is 5.40. The second kappa shape index (κ2) is 5.78. The van der Waals surface area contributed by atoms with Crippen molar-refractivity contribution in [2.75, 3.05) is 13.2 Å². The minimum absolute atomic E-state index is 0.253. The predicted molar refractivity (Wildman–Crippen MR) is 78.5 cm³/mol. The molecule has 4 atom stereocenters. The second-order valence-corrected chi connectivity index (χ2v) is 5.78. The SMILES string of the molecule is C[C@@]1(O)[C@H](O)[C@@H](CO)O[C@@]1(CN)n1cc(C(=O)O)c(=O)[nH]c1=S. The Morgan fingerprint density at radius 2 is 2.22 bits per heavy atom. The van der Waals surface area contributed by atoms with Crippen LogP contribution in [-0.2, 0) is 10.5 Å². The molecular formula is C12H17N3O7S. The molecule has 1 aliphatic heterocycles. The van der Waals surface area contributed by atoms with Gasteiger partial charge in [-0.05, 0) is 19.1 Å². The Kier molecular flexibility index (Phi) is 4.45. The third-order valence-corrected chi connectivity index (χ3v) is 4.38. The first kappa shape index (κ1) is 17.7. The number of carboxylic acids is 1. The van der Waals surface area contributed by atoms with E-state index in [0.717, 1.165) is 10.8 Å². The molecule has 0 aromatic carbocycles. The summed E-state index contributed by atoms with van der Waals surface area (Å²) in [4.78, 5) is 25.0. The first-order valence-electron chi connectivity index (χ1n) is 6.61. The van der Waals surface area contributed by atoms with Crippen LogP contribution in [0.2, 0.25) is 0 Å². The van der Waals surface area contributed by atoms with Gasteiger partial charge in [-0.15, -0.1) is 0 Å². The summed E-state index contributed by atoms with van der Waals surface area (Å²) in [6, 6.07) is 0. The summed E-state index contributed by atoms with van der Waals surface area (Å²) >= 11 is 5.00. The number of nitrogens with two attached hydrogens (primary N) is 1. The van der Waals surface area contributed by atoms with E-state index in [2.05, 4.69) is 4.98 Å². The Labute approximate surface area is 134 Å². The van der Waals surface area contributed by atoms with Crippen molar-refractivity contribution in [2.24, 2.45) is 5.73 Å². The molecule has 2 rings (SSSR count). The molecule has 1 aromatic heterocycles. The van der Waals surface area contributed by atoms with Gasteiger partial charge >= 0.3 is 5.97 Å². The normalized spacial score (nSPS) is 33.8. The number of hydrogen-bond acceptors (Lipinski definition) is 8. The maximum absolute atomic E-state index is 11.6. The van der Waals surface area contributed by atoms with Crippen molar-refractivity contribution in [1.29, 1.82) is 0 Å². The number of H-pyrrole nitrogens is 1. The van der Waals surface area contributed by atoms with Gasteiger partial charge in [-0.3, -0.25) is 14.3 Å². The zero-order valence-electron chi connectivity index (χ0n) is 12.1. The number of nitrogens with zero attached hydrogens (tertiary/aromatic N) is 1. The van der Waals surface area contributed by atoms with Gasteiger partial charge in [-0.2, -0.15) is 0 Å². The maximum atomic E-state index is 11.6. The molecule has 1 aliphatic rings. The van der Waals surface area contributed by atoms with Gasteiger partial charge in [0.05, 0.1) is 6.61 Å². The molecule has 1 aromatic rings. The van der Waals surface area contributed by atoms with Crippen LogP contribution in [0.1, 0.15) is 17.3 Å². The molecule has 0 amide bonds. The molecule has 1 fully saturated rings. The number of aromatic amines is 1. The third-order valence-electron chi connectivity index (χ3n) is 4.08. The summed E-state index contributed by atoms with van der Waals surface area (Å²) < 4.78 is 6.25. The maximum Gasteiger partial charge on any atom is 0.342 e. The van der Waals surface area contributed by atoms with E-state index >= 15 is 0 Å². The van der Waals surface area contributed by atoms with Crippen LogP contribution in [0.3, 0.4) is 0 Å². The highest BCUT2D eigenvalue weighted by Gasteiger charge is 2.63. The number of aromatic nitrogens is 2. The van der Waals surface area contributed by atoms with E-state index in [1.54, 1.807) is 0 Å². The third kappa shape index (κ3) is 2.41. The average molecular weight is 347 g/mol. The van der Waals surface area contributed by atoms with Crippen molar-refractivity contribution in [1.82, 2.24) is 9.55 Å². The number of aliphatic hydroxyl groups is 3. The van der Waals surface area contributed by atoms with Crippen molar-refractivity contribution in [3.05, 3.63) is 26.9 Å². The lowest BCUT2D eigenvalue weighted by Gasteiger charge is -2.40.